The van der Waals surface area contributed by atoms with Gasteiger partial charge in [-0.2, -0.15) is 0 Å². The zero-order valence-corrected chi connectivity index (χ0v) is 9.34. The van der Waals surface area contributed by atoms with E-state index in [1.807, 2.05) is 0 Å². The van der Waals surface area contributed by atoms with Crippen molar-refractivity contribution < 1.29 is 4.79 Å². The summed E-state index contributed by atoms with van der Waals surface area (Å²) in [4.78, 5) is 13.8. The highest BCUT2D eigenvalue weighted by atomic mass is 16.1. The molecule has 1 aliphatic heterocycles. The Bertz CT molecular complexity index is 246. The molecule has 80 valence electrons. The standard InChI is InChI=1S/C11H20N2O/c1-8-6-9(14)7-10(12-8)11(4-5-11)13(2)3/h8,10,12H,4-7H2,1-3H3. The lowest BCUT2D eigenvalue weighted by atomic mass is 9.91. The van der Waals surface area contributed by atoms with Gasteiger partial charge in [-0.05, 0) is 33.9 Å². The monoisotopic (exact) mass is 196 g/mol. The van der Waals surface area contributed by atoms with E-state index in [2.05, 4.69) is 31.2 Å². The van der Waals surface area contributed by atoms with Gasteiger partial charge in [-0.25, -0.2) is 0 Å². The van der Waals surface area contributed by atoms with Crippen molar-refractivity contribution in [2.75, 3.05) is 14.1 Å². The molecule has 0 aromatic carbocycles. The van der Waals surface area contributed by atoms with Gasteiger partial charge < -0.3 is 10.2 Å². The molecule has 3 nitrogen and oxygen atoms in total. The van der Waals surface area contributed by atoms with Crippen LogP contribution in [0.15, 0.2) is 0 Å². The number of piperidine rings is 1. The van der Waals surface area contributed by atoms with Gasteiger partial charge in [-0.15, -0.1) is 0 Å². The van der Waals surface area contributed by atoms with Crippen LogP contribution in [-0.4, -0.2) is 42.4 Å². The molecule has 1 heterocycles. The fourth-order valence-corrected chi connectivity index (χ4v) is 2.69. The number of Topliss-reactive ketones (excluding diaryl/α,β-unsaturated/α-hetero) is 1. The zero-order chi connectivity index (χ0) is 10.3. The Morgan fingerprint density at radius 3 is 2.43 bits per heavy atom. The van der Waals surface area contributed by atoms with Gasteiger partial charge >= 0.3 is 0 Å². The summed E-state index contributed by atoms with van der Waals surface area (Å²) in [7, 11) is 4.25. The fourth-order valence-electron chi connectivity index (χ4n) is 2.69. The summed E-state index contributed by atoms with van der Waals surface area (Å²) in [6.45, 7) is 2.11. The Balaban J connectivity index is 2.07. The van der Waals surface area contributed by atoms with Gasteiger partial charge in [0.05, 0.1) is 0 Å². The highest BCUT2D eigenvalue weighted by Gasteiger charge is 2.52. The molecule has 0 aromatic rings. The minimum atomic E-state index is 0.282. The summed E-state index contributed by atoms with van der Waals surface area (Å²) in [6, 6.07) is 0.743. The second-order valence-corrected chi connectivity index (χ2v) is 5.07. The molecule has 1 aliphatic carbocycles. The summed E-state index contributed by atoms with van der Waals surface area (Å²) >= 11 is 0. The van der Waals surface area contributed by atoms with Crippen LogP contribution in [0, 0.1) is 0 Å². The molecular formula is C11H20N2O. The maximum absolute atomic E-state index is 11.5. The Hall–Kier alpha value is -0.410. The van der Waals surface area contributed by atoms with Crippen LogP contribution in [0.2, 0.25) is 0 Å². The number of rotatable bonds is 2. The first kappa shape index (κ1) is 10.1. The van der Waals surface area contributed by atoms with Gasteiger partial charge in [0, 0.05) is 30.5 Å². The summed E-state index contributed by atoms with van der Waals surface area (Å²) < 4.78 is 0. The number of ketones is 1. The zero-order valence-electron chi connectivity index (χ0n) is 9.34. The van der Waals surface area contributed by atoms with E-state index < -0.39 is 0 Å². The van der Waals surface area contributed by atoms with Crippen molar-refractivity contribution in [1.29, 1.82) is 0 Å². The van der Waals surface area contributed by atoms with Gasteiger partial charge in [0.15, 0.2) is 0 Å². The predicted octanol–water partition coefficient (Wildman–Crippen LogP) is 0.790. The number of nitrogens with one attached hydrogen (secondary N) is 1. The van der Waals surface area contributed by atoms with Crippen LogP contribution >= 0.6 is 0 Å². The van der Waals surface area contributed by atoms with Gasteiger partial charge in [0.25, 0.3) is 0 Å². The molecule has 2 rings (SSSR count). The van der Waals surface area contributed by atoms with Crippen molar-refractivity contribution in [3.8, 4) is 0 Å². The van der Waals surface area contributed by atoms with Gasteiger partial charge in [-0.3, -0.25) is 4.79 Å². The van der Waals surface area contributed by atoms with Crippen LogP contribution < -0.4 is 5.32 Å². The lowest BCUT2D eigenvalue weighted by Crippen LogP contribution is -2.56. The highest BCUT2D eigenvalue weighted by Crippen LogP contribution is 2.45. The SMILES string of the molecule is CC1CC(=O)CC(C2(N(C)C)CC2)N1. The molecule has 0 amide bonds. The number of hydrogen-bond donors (Lipinski definition) is 1. The minimum Gasteiger partial charge on any atom is -0.309 e. The van der Waals surface area contributed by atoms with E-state index >= 15 is 0 Å². The third-order valence-electron chi connectivity index (χ3n) is 3.75. The van der Waals surface area contributed by atoms with Crippen LogP contribution in [0.3, 0.4) is 0 Å². The van der Waals surface area contributed by atoms with Crippen molar-refractivity contribution >= 4 is 5.78 Å². The van der Waals surface area contributed by atoms with Crippen molar-refractivity contribution in [2.24, 2.45) is 0 Å². The average Bonchev–Trinajstić information content (AvgIpc) is 2.81. The number of carbonyl (C=O) groups is 1. The Labute approximate surface area is 85.8 Å². The number of hydrogen-bond acceptors (Lipinski definition) is 3. The maximum atomic E-state index is 11.5. The smallest absolute Gasteiger partial charge is 0.136 e. The molecule has 2 atom stereocenters. The average molecular weight is 196 g/mol. The lowest BCUT2D eigenvalue weighted by Gasteiger charge is -2.38. The molecule has 2 unspecified atom stereocenters. The largest absolute Gasteiger partial charge is 0.309 e. The third kappa shape index (κ3) is 1.59. The first-order valence-corrected chi connectivity index (χ1v) is 5.50. The van der Waals surface area contributed by atoms with Crippen molar-refractivity contribution in [2.45, 2.75) is 50.2 Å². The summed E-state index contributed by atoms with van der Waals surface area (Å²) in [6.07, 6.45) is 3.90. The molecule has 0 bridgehead atoms. The number of nitrogens with zero attached hydrogens (tertiary/aromatic N) is 1. The van der Waals surface area contributed by atoms with Gasteiger partial charge in [0.1, 0.15) is 5.78 Å². The molecular weight excluding hydrogens is 176 g/mol. The summed E-state index contributed by atoms with van der Waals surface area (Å²) in [5.41, 5.74) is 0.282. The summed E-state index contributed by atoms with van der Waals surface area (Å²) in [5.74, 6) is 0.425. The van der Waals surface area contributed by atoms with Gasteiger partial charge in [0.2, 0.25) is 0 Å². The number of likely N-dealkylation sites (N-methyl/N-ethyl adjacent to an activating group) is 1. The Morgan fingerprint density at radius 2 is 2.00 bits per heavy atom. The van der Waals surface area contributed by atoms with Crippen LogP contribution in [-0.2, 0) is 4.79 Å². The predicted molar refractivity (Wildman–Crippen MR) is 56.3 cm³/mol. The van der Waals surface area contributed by atoms with E-state index in [1.165, 1.54) is 12.8 Å². The fraction of sp³-hybridized carbons (Fsp3) is 0.909. The second-order valence-electron chi connectivity index (χ2n) is 5.07. The van der Waals surface area contributed by atoms with E-state index in [0.717, 1.165) is 6.42 Å². The van der Waals surface area contributed by atoms with E-state index in [0.29, 0.717) is 24.3 Å². The van der Waals surface area contributed by atoms with E-state index in [1.54, 1.807) is 0 Å². The lowest BCUT2D eigenvalue weighted by molar-refractivity contribution is -0.122. The number of carbonyl (C=O) groups excluding carboxylic acids is 1. The second kappa shape index (κ2) is 3.31. The van der Waals surface area contributed by atoms with E-state index in [4.69, 9.17) is 0 Å². The molecule has 1 N–H and O–H groups in total. The first-order chi connectivity index (χ1) is 6.54. The minimum absolute atomic E-state index is 0.282. The topological polar surface area (TPSA) is 32.3 Å². The first-order valence-electron chi connectivity index (χ1n) is 5.50. The molecule has 0 radical (unpaired) electrons. The molecule has 0 aromatic heterocycles. The van der Waals surface area contributed by atoms with Gasteiger partial charge in [-0.1, -0.05) is 0 Å². The molecule has 1 saturated carbocycles. The third-order valence-corrected chi connectivity index (χ3v) is 3.75. The molecule has 14 heavy (non-hydrogen) atoms. The maximum Gasteiger partial charge on any atom is 0.136 e. The van der Waals surface area contributed by atoms with Crippen LogP contribution in [0.1, 0.15) is 32.6 Å². The van der Waals surface area contributed by atoms with Crippen LogP contribution in [0.4, 0.5) is 0 Å². The molecule has 2 fully saturated rings. The van der Waals surface area contributed by atoms with Crippen LogP contribution in [0.25, 0.3) is 0 Å². The highest BCUT2D eigenvalue weighted by molar-refractivity contribution is 5.80. The van der Waals surface area contributed by atoms with Crippen LogP contribution in [0.5, 0.6) is 0 Å². The normalized spacial score (nSPS) is 36.1. The summed E-state index contributed by atoms with van der Waals surface area (Å²) in [5, 5.41) is 3.57. The molecule has 3 heteroatoms. The Morgan fingerprint density at radius 1 is 1.36 bits per heavy atom. The quantitative estimate of drug-likeness (QED) is 0.708. The Kier molecular flexibility index (Phi) is 2.40. The molecule has 0 spiro atoms. The van der Waals surface area contributed by atoms with Crippen molar-refractivity contribution in [3.05, 3.63) is 0 Å². The molecule has 1 saturated heterocycles. The molecule has 2 aliphatic rings. The van der Waals surface area contributed by atoms with Crippen molar-refractivity contribution in [3.63, 3.8) is 0 Å². The van der Waals surface area contributed by atoms with Crippen molar-refractivity contribution in [1.82, 2.24) is 10.2 Å². The van der Waals surface area contributed by atoms with E-state index in [9.17, 15) is 4.79 Å². The van der Waals surface area contributed by atoms with E-state index in [-0.39, 0.29) is 5.54 Å².